The summed E-state index contributed by atoms with van der Waals surface area (Å²) >= 11 is 0. The highest BCUT2D eigenvalue weighted by Gasteiger charge is 2.14. The fourth-order valence-electron chi connectivity index (χ4n) is 2.63. The van der Waals surface area contributed by atoms with Gasteiger partial charge in [-0.2, -0.15) is 4.98 Å². The summed E-state index contributed by atoms with van der Waals surface area (Å²) in [5.74, 6) is 0. The third-order valence-corrected chi connectivity index (χ3v) is 3.92. The van der Waals surface area contributed by atoms with Crippen LogP contribution in [0, 0.1) is 6.92 Å². The SMILES string of the molecule is Cc1c(NC(=O)OCc2ccccc2)ccc2nc(NC(C)C)oc(=O)c12. The quantitative estimate of drug-likeness (QED) is 0.706. The van der Waals surface area contributed by atoms with Gasteiger partial charge in [-0.15, -0.1) is 0 Å². The van der Waals surface area contributed by atoms with Crippen molar-refractivity contribution in [1.82, 2.24) is 4.98 Å². The zero-order valence-corrected chi connectivity index (χ0v) is 15.4. The Morgan fingerprint density at radius 3 is 2.63 bits per heavy atom. The van der Waals surface area contributed by atoms with Gasteiger partial charge in [0.05, 0.1) is 10.9 Å². The van der Waals surface area contributed by atoms with Crippen molar-refractivity contribution in [2.75, 3.05) is 10.6 Å². The summed E-state index contributed by atoms with van der Waals surface area (Å²) < 4.78 is 10.4. The summed E-state index contributed by atoms with van der Waals surface area (Å²) in [4.78, 5) is 28.7. The van der Waals surface area contributed by atoms with Crippen molar-refractivity contribution in [3.63, 3.8) is 0 Å². The van der Waals surface area contributed by atoms with Gasteiger partial charge in [0.25, 0.3) is 6.01 Å². The summed E-state index contributed by atoms with van der Waals surface area (Å²) in [5.41, 5.74) is 1.91. The number of benzene rings is 2. The molecule has 3 aromatic rings. The predicted octanol–water partition coefficient (Wildman–Crippen LogP) is 4.07. The molecule has 0 saturated carbocycles. The first-order valence-electron chi connectivity index (χ1n) is 8.62. The average Bonchev–Trinajstić information content (AvgIpc) is 2.62. The summed E-state index contributed by atoms with van der Waals surface area (Å²) in [6.45, 7) is 5.73. The number of nitrogens with zero attached hydrogens (tertiary/aromatic N) is 1. The third-order valence-electron chi connectivity index (χ3n) is 3.92. The van der Waals surface area contributed by atoms with E-state index in [1.807, 2.05) is 44.2 Å². The van der Waals surface area contributed by atoms with E-state index in [4.69, 9.17) is 9.15 Å². The van der Waals surface area contributed by atoms with E-state index in [-0.39, 0.29) is 18.7 Å². The zero-order chi connectivity index (χ0) is 19.4. The summed E-state index contributed by atoms with van der Waals surface area (Å²) in [7, 11) is 0. The smallest absolute Gasteiger partial charge is 0.411 e. The first-order valence-corrected chi connectivity index (χ1v) is 8.62. The fraction of sp³-hybridized carbons (Fsp3) is 0.250. The Labute approximate surface area is 156 Å². The molecule has 0 radical (unpaired) electrons. The van der Waals surface area contributed by atoms with Crippen molar-refractivity contribution in [2.24, 2.45) is 0 Å². The van der Waals surface area contributed by atoms with Crippen LogP contribution in [-0.2, 0) is 11.3 Å². The molecule has 0 saturated heterocycles. The molecule has 2 aromatic carbocycles. The number of amides is 1. The van der Waals surface area contributed by atoms with Gasteiger partial charge >= 0.3 is 11.7 Å². The molecule has 0 unspecified atom stereocenters. The van der Waals surface area contributed by atoms with E-state index in [1.165, 1.54) is 0 Å². The number of rotatable bonds is 5. The van der Waals surface area contributed by atoms with Gasteiger partial charge in [-0.25, -0.2) is 9.59 Å². The van der Waals surface area contributed by atoms with Crippen LogP contribution >= 0.6 is 0 Å². The van der Waals surface area contributed by atoms with Gasteiger partial charge in [0, 0.05) is 11.7 Å². The minimum absolute atomic E-state index is 0.0829. The van der Waals surface area contributed by atoms with Crippen molar-refractivity contribution in [2.45, 2.75) is 33.4 Å². The lowest BCUT2D eigenvalue weighted by atomic mass is 10.1. The van der Waals surface area contributed by atoms with Crippen molar-refractivity contribution < 1.29 is 13.9 Å². The van der Waals surface area contributed by atoms with Crippen LogP contribution in [0.3, 0.4) is 0 Å². The standard InChI is InChI=1S/C20H21N3O4/c1-12(2)21-19-22-16-10-9-15(13(3)17(16)18(24)27-19)23-20(25)26-11-14-7-5-4-6-8-14/h4-10,12H,11H2,1-3H3,(H,21,22)(H,23,25). The summed E-state index contributed by atoms with van der Waals surface area (Å²) in [5, 5.41) is 5.95. The second kappa shape index (κ2) is 7.90. The molecule has 1 amide bonds. The highest BCUT2D eigenvalue weighted by Crippen LogP contribution is 2.23. The van der Waals surface area contributed by atoms with Crippen molar-refractivity contribution in [1.29, 1.82) is 0 Å². The van der Waals surface area contributed by atoms with Crippen LogP contribution < -0.4 is 16.3 Å². The zero-order valence-electron chi connectivity index (χ0n) is 15.4. The number of nitrogens with one attached hydrogen (secondary N) is 2. The second-order valence-corrected chi connectivity index (χ2v) is 6.42. The molecule has 3 rings (SSSR count). The van der Waals surface area contributed by atoms with Crippen LogP contribution in [0.5, 0.6) is 0 Å². The Balaban J connectivity index is 1.79. The molecule has 0 fully saturated rings. The van der Waals surface area contributed by atoms with E-state index in [0.717, 1.165) is 5.56 Å². The summed E-state index contributed by atoms with van der Waals surface area (Å²) in [6, 6.07) is 13.0. The number of aryl methyl sites for hydroxylation is 1. The van der Waals surface area contributed by atoms with Crippen molar-refractivity contribution in [3.05, 3.63) is 64.0 Å². The Kier molecular flexibility index (Phi) is 5.40. The number of carbonyl (C=O) groups is 1. The van der Waals surface area contributed by atoms with Gasteiger partial charge < -0.3 is 14.5 Å². The molecule has 27 heavy (non-hydrogen) atoms. The van der Waals surface area contributed by atoms with E-state index in [1.54, 1.807) is 19.1 Å². The lowest BCUT2D eigenvalue weighted by Crippen LogP contribution is -2.16. The van der Waals surface area contributed by atoms with Gasteiger partial charge in [0.15, 0.2) is 0 Å². The molecule has 7 nitrogen and oxygen atoms in total. The van der Waals surface area contributed by atoms with Gasteiger partial charge in [-0.3, -0.25) is 5.32 Å². The maximum Gasteiger partial charge on any atom is 0.411 e. The van der Waals surface area contributed by atoms with E-state index >= 15 is 0 Å². The highest BCUT2D eigenvalue weighted by atomic mass is 16.5. The minimum atomic E-state index is -0.600. The van der Waals surface area contributed by atoms with Crippen LogP contribution in [0.2, 0.25) is 0 Å². The number of hydrogen-bond donors (Lipinski definition) is 2. The molecule has 1 heterocycles. The Morgan fingerprint density at radius 1 is 1.19 bits per heavy atom. The normalized spacial score (nSPS) is 10.8. The van der Waals surface area contributed by atoms with Gasteiger partial charge in [-0.1, -0.05) is 30.3 Å². The first-order chi connectivity index (χ1) is 12.9. The van der Waals surface area contributed by atoms with Crippen LogP contribution in [0.25, 0.3) is 10.9 Å². The van der Waals surface area contributed by atoms with Gasteiger partial charge in [0.1, 0.15) is 6.61 Å². The lowest BCUT2D eigenvalue weighted by molar-refractivity contribution is 0.155. The fourth-order valence-corrected chi connectivity index (χ4v) is 2.63. The predicted molar refractivity (Wildman–Crippen MR) is 104 cm³/mol. The molecule has 0 spiro atoms. The average molecular weight is 367 g/mol. The third kappa shape index (κ3) is 4.44. The molecule has 0 aliphatic heterocycles. The van der Waals surface area contributed by atoms with Gasteiger partial charge in [-0.05, 0) is 44.0 Å². The molecule has 140 valence electrons. The number of hydrogen-bond acceptors (Lipinski definition) is 6. The molecule has 7 heteroatoms. The number of anilines is 2. The van der Waals surface area contributed by atoms with E-state index < -0.39 is 11.7 Å². The maximum atomic E-state index is 12.4. The molecule has 0 aliphatic carbocycles. The van der Waals surface area contributed by atoms with Gasteiger partial charge in [0.2, 0.25) is 0 Å². The van der Waals surface area contributed by atoms with Crippen LogP contribution in [0.1, 0.15) is 25.0 Å². The van der Waals surface area contributed by atoms with Crippen LogP contribution in [0.4, 0.5) is 16.5 Å². The van der Waals surface area contributed by atoms with E-state index in [9.17, 15) is 9.59 Å². The number of carbonyl (C=O) groups excluding carboxylic acids is 1. The largest absolute Gasteiger partial charge is 0.444 e. The highest BCUT2D eigenvalue weighted by molar-refractivity contribution is 5.92. The van der Waals surface area contributed by atoms with Crippen molar-refractivity contribution in [3.8, 4) is 0 Å². The first kappa shape index (κ1) is 18.4. The molecule has 0 aliphatic rings. The van der Waals surface area contributed by atoms with Crippen LogP contribution in [0.15, 0.2) is 51.7 Å². The Morgan fingerprint density at radius 2 is 1.93 bits per heavy atom. The molecule has 0 atom stereocenters. The van der Waals surface area contributed by atoms with Crippen LogP contribution in [-0.4, -0.2) is 17.1 Å². The topological polar surface area (TPSA) is 93.5 Å². The summed E-state index contributed by atoms with van der Waals surface area (Å²) in [6.07, 6.45) is -0.600. The Bertz CT molecular complexity index is 1010. The molecule has 0 bridgehead atoms. The molecule has 1 aromatic heterocycles. The van der Waals surface area contributed by atoms with Crippen molar-refractivity contribution >= 4 is 28.7 Å². The monoisotopic (exact) mass is 367 g/mol. The Hall–Kier alpha value is -3.35. The number of aromatic nitrogens is 1. The second-order valence-electron chi connectivity index (χ2n) is 6.42. The maximum absolute atomic E-state index is 12.4. The molecular formula is C20H21N3O4. The number of ether oxygens (including phenoxy) is 1. The molecule has 2 N–H and O–H groups in total. The van der Waals surface area contributed by atoms with E-state index in [2.05, 4.69) is 15.6 Å². The molecular weight excluding hydrogens is 346 g/mol. The van der Waals surface area contributed by atoms with E-state index in [0.29, 0.717) is 22.2 Å². The minimum Gasteiger partial charge on any atom is -0.444 e. The number of fused-ring (bicyclic) bond motifs is 1. The lowest BCUT2D eigenvalue weighted by Gasteiger charge is -2.12.